The molecule has 0 aliphatic carbocycles. The maximum Gasteiger partial charge on any atom is 0.147 e. The summed E-state index contributed by atoms with van der Waals surface area (Å²) in [4.78, 5) is 6.41. The molecule has 0 saturated carbocycles. The van der Waals surface area contributed by atoms with Gasteiger partial charge in [-0.1, -0.05) is 23.2 Å². The van der Waals surface area contributed by atoms with Crippen LogP contribution in [0.3, 0.4) is 0 Å². The van der Waals surface area contributed by atoms with Crippen molar-refractivity contribution in [2.75, 3.05) is 38.2 Å². The summed E-state index contributed by atoms with van der Waals surface area (Å²) >= 11 is 12.0. The molecule has 6 heteroatoms. The van der Waals surface area contributed by atoms with E-state index in [0.717, 1.165) is 25.5 Å². The van der Waals surface area contributed by atoms with Crippen molar-refractivity contribution in [1.82, 2.24) is 10.3 Å². The Morgan fingerprint density at radius 3 is 3.12 bits per heavy atom. The molecular weight excluding hydrogens is 261 g/mol. The first-order chi connectivity index (χ1) is 8.20. The molecule has 1 aliphatic heterocycles. The lowest BCUT2D eigenvalue weighted by Crippen LogP contribution is -2.46. The van der Waals surface area contributed by atoms with Gasteiger partial charge >= 0.3 is 0 Å². The number of morpholine rings is 1. The van der Waals surface area contributed by atoms with Crippen LogP contribution < -0.4 is 10.2 Å². The van der Waals surface area contributed by atoms with E-state index in [9.17, 15) is 0 Å². The van der Waals surface area contributed by atoms with E-state index in [1.807, 2.05) is 7.05 Å². The molecule has 2 heterocycles. The summed E-state index contributed by atoms with van der Waals surface area (Å²) < 4.78 is 5.63. The Kier molecular flexibility index (Phi) is 4.45. The van der Waals surface area contributed by atoms with Crippen molar-refractivity contribution in [1.29, 1.82) is 0 Å². The Bertz CT molecular complexity index is 387. The highest BCUT2D eigenvalue weighted by Gasteiger charge is 2.22. The fraction of sp³-hybridized carbons (Fsp3) is 0.545. The maximum absolute atomic E-state index is 6.14. The molecule has 2 rings (SSSR count). The molecule has 0 aromatic carbocycles. The zero-order valence-electron chi connectivity index (χ0n) is 9.62. The topological polar surface area (TPSA) is 37.4 Å². The molecule has 1 atom stereocenters. The lowest BCUT2D eigenvalue weighted by molar-refractivity contribution is 0.0419. The van der Waals surface area contributed by atoms with Crippen LogP contribution in [0.5, 0.6) is 0 Å². The zero-order valence-corrected chi connectivity index (χ0v) is 11.1. The van der Waals surface area contributed by atoms with Gasteiger partial charge in [0.1, 0.15) is 5.82 Å². The minimum absolute atomic E-state index is 0.169. The fourth-order valence-electron chi connectivity index (χ4n) is 1.90. The van der Waals surface area contributed by atoms with Crippen molar-refractivity contribution in [3.8, 4) is 0 Å². The summed E-state index contributed by atoms with van der Waals surface area (Å²) in [5.41, 5.74) is 0. The fourth-order valence-corrected chi connectivity index (χ4v) is 2.40. The van der Waals surface area contributed by atoms with E-state index in [1.54, 1.807) is 12.3 Å². The second kappa shape index (κ2) is 5.87. The highest BCUT2D eigenvalue weighted by atomic mass is 35.5. The van der Waals surface area contributed by atoms with Gasteiger partial charge in [0.25, 0.3) is 0 Å². The van der Waals surface area contributed by atoms with E-state index >= 15 is 0 Å². The molecule has 1 N–H and O–H groups in total. The molecule has 4 nitrogen and oxygen atoms in total. The smallest absolute Gasteiger partial charge is 0.147 e. The van der Waals surface area contributed by atoms with Crippen LogP contribution in [-0.4, -0.2) is 44.4 Å². The lowest BCUT2D eigenvalue weighted by atomic mass is 10.2. The summed E-state index contributed by atoms with van der Waals surface area (Å²) in [7, 11) is 1.91. The van der Waals surface area contributed by atoms with Gasteiger partial charge in [-0.05, 0) is 13.1 Å². The van der Waals surface area contributed by atoms with Gasteiger partial charge < -0.3 is 15.0 Å². The summed E-state index contributed by atoms with van der Waals surface area (Å²) in [6.07, 6.45) is 1.79. The molecule has 0 spiro atoms. The van der Waals surface area contributed by atoms with E-state index in [4.69, 9.17) is 27.9 Å². The second-order valence-corrected chi connectivity index (χ2v) is 4.80. The quantitative estimate of drug-likeness (QED) is 0.913. The minimum Gasteiger partial charge on any atom is -0.373 e. The number of likely N-dealkylation sites (N-methyl/N-ethyl adjacent to an activating group) is 1. The SMILES string of the molecule is CNCC1CN(c2ncc(Cl)cc2Cl)CCO1. The van der Waals surface area contributed by atoms with Gasteiger partial charge in [-0.15, -0.1) is 0 Å². The molecule has 1 aromatic rings. The number of pyridine rings is 1. The molecule has 1 unspecified atom stereocenters. The van der Waals surface area contributed by atoms with Crippen molar-refractivity contribution in [2.45, 2.75) is 6.10 Å². The molecule has 1 aromatic heterocycles. The molecule has 1 aliphatic rings. The molecule has 1 fully saturated rings. The van der Waals surface area contributed by atoms with Crippen molar-refractivity contribution in [3.05, 3.63) is 22.3 Å². The summed E-state index contributed by atoms with van der Waals surface area (Å²) in [6.45, 7) is 3.10. The first-order valence-electron chi connectivity index (χ1n) is 5.53. The van der Waals surface area contributed by atoms with Gasteiger partial charge in [0.05, 0.1) is 22.8 Å². The minimum atomic E-state index is 0.169. The Balaban J connectivity index is 2.10. The number of hydrogen-bond acceptors (Lipinski definition) is 4. The summed E-state index contributed by atoms with van der Waals surface area (Å²) in [6, 6.07) is 1.72. The predicted molar refractivity (Wildman–Crippen MR) is 70.1 cm³/mol. The second-order valence-electron chi connectivity index (χ2n) is 3.96. The van der Waals surface area contributed by atoms with Gasteiger partial charge in [0.15, 0.2) is 0 Å². The first-order valence-corrected chi connectivity index (χ1v) is 6.28. The third-order valence-corrected chi connectivity index (χ3v) is 3.14. The van der Waals surface area contributed by atoms with Crippen molar-refractivity contribution >= 4 is 29.0 Å². The molecule has 0 radical (unpaired) electrons. The van der Waals surface area contributed by atoms with Crippen LogP contribution in [0.4, 0.5) is 5.82 Å². The van der Waals surface area contributed by atoms with Crippen LogP contribution in [0.25, 0.3) is 0 Å². The Labute approximate surface area is 111 Å². The third kappa shape index (κ3) is 3.22. The summed E-state index contributed by atoms with van der Waals surface area (Å²) in [5.74, 6) is 0.778. The van der Waals surface area contributed by atoms with Gasteiger partial charge in [0, 0.05) is 25.8 Å². The van der Waals surface area contributed by atoms with Gasteiger partial charge in [-0.2, -0.15) is 0 Å². The molecule has 1 saturated heterocycles. The summed E-state index contributed by atoms with van der Waals surface area (Å²) in [5, 5.41) is 4.25. The van der Waals surface area contributed by atoms with Crippen LogP contribution >= 0.6 is 23.2 Å². The molecule has 0 bridgehead atoms. The standard InChI is InChI=1S/C11H15Cl2N3O/c1-14-6-9-7-16(2-3-17-9)11-10(13)4-8(12)5-15-11/h4-5,9,14H,2-3,6-7H2,1H3. The van der Waals surface area contributed by atoms with E-state index in [1.165, 1.54) is 0 Å². The normalized spacial score (nSPS) is 20.6. The number of halogens is 2. The number of anilines is 1. The zero-order chi connectivity index (χ0) is 12.3. The van der Waals surface area contributed by atoms with E-state index in [2.05, 4.69) is 15.2 Å². The first kappa shape index (κ1) is 12.9. The number of hydrogen-bond donors (Lipinski definition) is 1. The lowest BCUT2D eigenvalue weighted by Gasteiger charge is -2.34. The predicted octanol–water partition coefficient (Wildman–Crippen LogP) is 1.81. The Morgan fingerprint density at radius 1 is 1.59 bits per heavy atom. The highest BCUT2D eigenvalue weighted by molar-refractivity contribution is 6.36. The Hall–Kier alpha value is -0.550. The van der Waals surface area contributed by atoms with Crippen molar-refractivity contribution in [2.24, 2.45) is 0 Å². The van der Waals surface area contributed by atoms with Crippen molar-refractivity contribution < 1.29 is 4.74 Å². The van der Waals surface area contributed by atoms with Gasteiger partial charge in [0.2, 0.25) is 0 Å². The van der Waals surface area contributed by atoms with Crippen molar-refractivity contribution in [3.63, 3.8) is 0 Å². The Morgan fingerprint density at radius 2 is 2.41 bits per heavy atom. The van der Waals surface area contributed by atoms with E-state index in [0.29, 0.717) is 16.7 Å². The van der Waals surface area contributed by atoms with Crippen LogP contribution in [0.15, 0.2) is 12.3 Å². The van der Waals surface area contributed by atoms with Gasteiger partial charge in [-0.3, -0.25) is 0 Å². The van der Waals surface area contributed by atoms with E-state index < -0.39 is 0 Å². The van der Waals surface area contributed by atoms with Gasteiger partial charge in [-0.25, -0.2) is 4.98 Å². The molecule has 17 heavy (non-hydrogen) atoms. The van der Waals surface area contributed by atoms with E-state index in [-0.39, 0.29) is 6.10 Å². The number of nitrogens with one attached hydrogen (secondary N) is 1. The molecule has 94 valence electrons. The average Bonchev–Trinajstić information content (AvgIpc) is 2.29. The molecule has 0 amide bonds. The third-order valence-electron chi connectivity index (χ3n) is 2.66. The number of nitrogens with zero attached hydrogens (tertiary/aromatic N) is 2. The van der Waals surface area contributed by atoms with Crippen LogP contribution in [0.1, 0.15) is 0 Å². The maximum atomic E-state index is 6.14. The number of ether oxygens (including phenoxy) is 1. The van der Waals surface area contributed by atoms with Crippen LogP contribution in [-0.2, 0) is 4.74 Å². The highest BCUT2D eigenvalue weighted by Crippen LogP contribution is 2.27. The van der Waals surface area contributed by atoms with Crippen LogP contribution in [0, 0.1) is 0 Å². The number of aromatic nitrogens is 1. The molecular formula is C11H15Cl2N3O. The average molecular weight is 276 g/mol. The van der Waals surface area contributed by atoms with Crippen LogP contribution in [0.2, 0.25) is 10.0 Å². The largest absolute Gasteiger partial charge is 0.373 e. The number of rotatable bonds is 3. The monoisotopic (exact) mass is 275 g/mol.